The highest BCUT2D eigenvalue weighted by molar-refractivity contribution is 7.99. The van der Waals surface area contributed by atoms with E-state index >= 15 is 4.79 Å². The average molecular weight is 813 g/mol. The van der Waals surface area contributed by atoms with Crippen LogP contribution in [-0.4, -0.2) is 108 Å². The largest absolute Gasteiger partial charge is 0.504 e. The van der Waals surface area contributed by atoms with Gasteiger partial charge >= 0.3 is 11.9 Å². The zero-order chi connectivity index (χ0) is 40.9. The van der Waals surface area contributed by atoms with Crippen molar-refractivity contribution < 1.29 is 48.2 Å². The maximum atomic E-state index is 15.3. The number of rotatable bonds is 5. The first kappa shape index (κ1) is 38.6. The van der Waals surface area contributed by atoms with Gasteiger partial charge in [-0.1, -0.05) is 13.0 Å². The van der Waals surface area contributed by atoms with Crippen molar-refractivity contribution in [3.8, 4) is 46.3 Å². The van der Waals surface area contributed by atoms with Crippen LogP contribution in [0.5, 0.6) is 40.2 Å². The Bertz CT molecular complexity index is 2300. The Hall–Kier alpha value is -4.88. The van der Waals surface area contributed by atoms with E-state index in [1.807, 2.05) is 20.9 Å². The number of aromatic hydroxyl groups is 2. The van der Waals surface area contributed by atoms with Crippen LogP contribution in [0.2, 0.25) is 0 Å². The van der Waals surface area contributed by atoms with Gasteiger partial charge in [-0.25, -0.2) is 4.79 Å². The van der Waals surface area contributed by atoms with E-state index in [1.165, 1.54) is 25.8 Å². The molecule has 7 heterocycles. The topological polar surface area (TPSA) is 163 Å². The van der Waals surface area contributed by atoms with E-state index in [2.05, 4.69) is 33.8 Å². The van der Waals surface area contributed by atoms with Crippen LogP contribution in [0, 0.1) is 25.2 Å². The Kier molecular flexibility index (Phi) is 9.42. The van der Waals surface area contributed by atoms with Gasteiger partial charge in [-0.05, 0) is 81.1 Å². The lowest BCUT2D eigenvalue weighted by Gasteiger charge is -2.62. The highest BCUT2D eigenvalue weighted by atomic mass is 32.2. The van der Waals surface area contributed by atoms with Crippen molar-refractivity contribution in [3.63, 3.8) is 0 Å². The van der Waals surface area contributed by atoms with Crippen LogP contribution in [0.1, 0.15) is 82.1 Å². The normalized spacial score (nSPS) is 28.4. The molecule has 2 saturated heterocycles. The Morgan fingerprint density at radius 2 is 1.83 bits per heavy atom. The molecule has 7 atom stereocenters. The smallest absolute Gasteiger partial charge is 0.332 e. The molecule has 0 aromatic heterocycles. The number of hydrogen-bond acceptors (Lipinski definition) is 15. The molecule has 7 aliphatic heterocycles. The van der Waals surface area contributed by atoms with Gasteiger partial charge < -0.3 is 38.6 Å². The fourth-order valence-electron chi connectivity index (χ4n) is 10.9. The lowest BCUT2D eigenvalue weighted by Crippen LogP contribution is -2.69. The molecule has 3 aromatic carbocycles. The SMILES string of the molecule is CCCN1CCc2cc(O)c(OC)cc2[C@@]12CS[C@@H]1c3c(OC(C)=O)c(C)c4c(c3[C@@H](COC2=O)N2C1[C@H]1c3c(cc(C)c(OC)c3O)C[C@H]([C@@H]2C#N)N1C)OCO4. The number of carbonyl (C=O) groups excluding carboxylic acids is 2. The van der Waals surface area contributed by atoms with Crippen LogP contribution in [0.25, 0.3) is 0 Å². The van der Waals surface area contributed by atoms with Gasteiger partial charge in [0.2, 0.25) is 6.79 Å². The third-order valence-electron chi connectivity index (χ3n) is 13.3. The van der Waals surface area contributed by atoms with Gasteiger partial charge in [0, 0.05) is 53.6 Å². The molecule has 0 radical (unpaired) electrons. The molecule has 306 valence electrons. The number of nitriles is 1. The second-order valence-corrected chi connectivity index (χ2v) is 17.2. The van der Waals surface area contributed by atoms with Gasteiger partial charge in [0.1, 0.15) is 18.4 Å². The third-order valence-corrected chi connectivity index (χ3v) is 14.7. The van der Waals surface area contributed by atoms with E-state index in [9.17, 15) is 20.3 Å². The lowest BCUT2D eigenvalue weighted by molar-refractivity contribution is -0.164. The number of piperazine rings is 1. The first-order chi connectivity index (χ1) is 27.9. The molecular weight excluding hydrogens is 765 g/mol. The highest BCUT2D eigenvalue weighted by Crippen LogP contribution is 2.65. The minimum absolute atomic E-state index is 0.00814. The second kappa shape index (κ2) is 14.1. The molecule has 3 aromatic rings. The molecule has 1 unspecified atom stereocenters. The van der Waals surface area contributed by atoms with Crippen LogP contribution < -0.4 is 23.7 Å². The number of methoxy groups -OCH3 is 2. The Labute approximate surface area is 341 Å². The van der Waals surface area contributed by atoms with Gasteiger partial charge in [0.25, 0.3) is 0 Å². The molecule has 14 nitrogen and oxygen atoms in total. The van der Waals surface area contributed by atoms with Crippen LogP contribution in [-0.2, 0) is 32.7 Å². The fraction of sp³-hybridized carbons (Fsp3) is 0.512. The number of thioether (sulfide) groups is 1. The van der Waals surface area contributed by atoms with Crippen LogP contribution in [0.15, 0.2) is 18.2 Å². The Balaban J connectivity index is 1.35. The summed E-state index contributed by atoms with van der Waals surface area (Å²) in [7, 11) is 5.03. The predicted octanol–water partition coefficient (Wildman–Crippen LogP) is 5.11. The number of hydrogen-bond donors (Lipinski definition) is 2. The Morgan fingerprint density at radius 1 is 1.05 bits per heavy atom. The summed E-state index contributed by atoms with van der Waals surface area (Å²) in [6.45, 7) is 8.11. The lowest BCUT2D eigenvalue weighted by atomic mass is 9.71. The number of carbonyl (C=O) groups is 2. The van der Waals surface area contributed by atoms with Gasteiger partial charge in [0.05, 0.1) is 37.6 Å². The molecule has 1 spiro atoms. The standard InChI is InChI=1S/C43H48N4O10S/c1-8-10-46-11-9-23-14-29(49)30(52-6)15-25(23)43(46)18-58-41-33-32(40-39(55-19-56-40)21(3)38(33)57-22(4)48)28(17-54-42(43)51)47-27(16-44)26-13-24-12-20(2)37(53-7)36(50)31(24)34(35(41)47)45(26)5/h12,14-15,26-28,34-35,41,49-50H,8-11,13,17-19H2,1-7H3/t26-,27+,28-,34-,35?,41-,43-/m1/s1. The number of nitrogens with zero attached hydrogens (tertiary/aromatic N) is 4. The van der Waals surface area contributed by atoms with Crippen molar-refractivity contribution in [1.82, 2.24) is 14.7 Å². The van der Waals surface area contributed by atoms with E-state index in [0.29, 0.717) is 76.7 Å². The molecule has 2 N–H and O–H groups in total. The summed E-state index contributed by atoms with van der Waals surface area (Å²) < 4.78 is 36.6. The van der Waals surface area contributed by atoms with Crippen molar-refractivity contribution >= 4 is 23.7 Å². The van der Waals surface area contributed by atoms with Gasteiger partial charge in [-0.3, -0.25) is 19.5 Å². The van der Waals surface area contributed by atoms with Crippen molar-refractivity contribution in [2.45, 2.75) is 88.0 Å². The van der Waals surface area contributed by atoms with Crippen molar-refractivity contribution in [2.75, 3.05) is 53.5 Å². The number of ether oxygens (including phenoxy) is 6. The molecule has 0 saturated carbocycles. The molecule has 4 bridgehead atoms. The van der Waals surface area contributed by atoms with Crippen molar-refractivity contribution in [2.24, 2.45) is 0 Å². The third kappa shape index (κ3) is 5.27. The van der Waals surface area contributed by atoms with Crippen LogP contribution >= 0.6 is 11.8 Å². The van der Waals surface area contributed by atoms with E-state index in [4.69, 9.17) is 28.4 Å². The summed E-state index contributed by atoms with van der Waals surface area (Å²) in [6.07, 6.45) is 1.86. The summed E-state index contributed by atoms with van der Waals surface area (Å²) in [5, 5.41) is 33.7. The van der Waals surface area contributed by atoms with E-state index in [1.54, 1.807) is 19.2 Å². The van der Waals surface area contributed by atoms with Crippen LogP contribution in [0.4, 0.5) is 0 Å². The molecule has 0 aliphatic carbocycles. The van der Waals surface area contributed by atoms with E-state index in [-0.39, 0.29) is 42.4 Å². The summed E-state index contributed by atoms with van der Waals surface area (Å²) in [4.78, 5) is 34.9. The molecule has 10 rings (SSSR count). The first-order valence-corrected chi connectivity index (χ1v) is 20.8. The molecule has 7 aliphatic rings. The maximum Gasteiger partial charge on any atom is 0.332 e. The Morgan fingerprint density at radius 3 is 2.53 bits per heavy atom. The molecule has 0 amide bonds. The van der Waals surface area contributed by atoms with E-state index < -0.39 is 46.9 Å². The zero-order valence-electron chi connectivity index (χ0n) is 33.7. The summed E-state index contributed by atoms with van der Waals surface area (Å²) in [5.41, 5.74) is 4.62. The summed E-state index contributed by atoms with van der Waals surface area (Å²) in [5.74, 6) is 1.16. The number of aryl methyl sites for hydroxylation is 1. The number of benzene rings is 3. The zero-order valence-corrected chi connectivity index (χ0v) is 34.5. The quantitative estimate of drug-likeness (QED) is 0.258. The summed E-state index contributed by atoms with van der Waals surface area (Å²) >= 11 is 1.53. The predicted molar refractivity (Wildman–Crippen MR) is 212 cm³/mol. The maximum absolute atomic E-state index is 15.3. The average Bonchev–Trinajstić information content (AvgIpc) is 3.69. The highest BCUT2D eigenvalue weighted by Gasteiger charge is 2.62. The summed E-state index contributed by atoms with van der Waals surface area (Å²) in [6, 6.07) is 5.42. The number of phenols is 2. The number of phenolic OH excluding ortho intramolecular Hbond substituents is 2. The van der Waals surface area contributed by atoms with Gasteiger partial charge in [-0.2, -0.15) is 5.26 Å². The number of likely N-dealkylation sites (N-methyl/N-ethyl adjacent to an activating group) is 1. The number of fused-ring (bicyclic) bond motifs is 9. The molecule has 58 heavy (non-hydrogen) atoms. The number of esters is 2. The second-order valence-electron chi connectivity index (χ2n) is 16.1. The minimum Gasteiger partial charge on any atom is -0.504 e. The van der Waals surface area contributed by atoms with Crippen molar-refractivity contribution in [1.29, 1.82) is 5.26 Å². The van der Waals surface area contributed by atoms with Crippen LogP contribution in [0.3, 0.4) is 0 Å². The fourth-order valence-corrected chi connectivity index (χ4v) is 12.7. The van der Waals surface area contributed by atoms with E-state index in [0.717, 1.165) is 23.1 Å². The molecule has 2 fully saturated rings. The minimum atomic E-state index is -1.31. The van der Waals surface area contributed by atoms with Gasteiger partial charge in [-0.15, -0.1) is 11.8 Å². The monoisotopic (exact) mass is 812 g/mol. The van der Waals surface area contributed by atoms with Gasteiger partial charge in [0.15, 0.2) is 40.0 Å². The molecule has 15 heteroatoms. The first-order valence-electron chi connectivity index (χ1n) is 19.8. The molecular formula is C43H48N4O10S. The van der Waals surface area contributed by atoms with Crippen molar-refractivity contribution in [3.05, 3.63) is 62.7 Å².